The smallest absolute Gasteiger partial charge is 0.395 e. The summed E-state index contributed by atoms with van der Waals surface area (Å²) < 4.78 is 41.5. The molecule has 1 atom stereocenters. The van der Waals surface area contributed by atoms with Gasteiger partial charge in [-0.2, -0.15) is 18.2 Å². The number of nitrogens with zero attached hydrogens (tertiary/aromatic N) is 2. The van der Waals surface area contributed by atoms with Crippen molar-refractivity contribution in [3.05, 3.63) is 35.7 Å². The Morgan fingerprint density at radius 3 is 2.38 bits per heavy atom. The monoisotopic (exact) mass is 362 g/mol. The Bertz CT molecular complexity index is 709. The van der Waals surface area contributed by atoms with Gasteiger partial charge in [0.25, 0.3) is 0 Å². The summed E-state index contributed by atoms with van der Waals surface area (Å²) in [5, 5.41) is 12.6. The molecule has 2 aromatic rings. The zero-order valence-electron chi connectivity index (χ0n) is 12.6. The minimum atomic E-state index is -4.70. The standard InChI is InChI=1S/C15H14ClF3N2O3/c1-14(7-16,8-22)11(23)6-9-2-4-10(5-3-9)12-20-13(24-21-12)15(17,18)19/h2-5,22H,6-8H2,1H3. The number of hydrogen-bond donors (Lipinski definition) is 1. The fourth-order valence-corrected chi connectivity index (χ4v) is 2.06. The highest BCUT2D eigenvalue weighted by Gasteiger charge is 2.38. The van der Waals surface area contributed by atoms with Gasteiger partial charge in [-0.25, -0.2) is 0 Å². The lowest BCUT2D eigenvalue weighted by Gasteiger charge is -2.22. The van der Waals surface area contributed by atoms with Crippen LogP contribution in [0.5, 0.6) is 0 Å². The highest BCUT2D eigenvalue weighted by atomic mass is 35.5. The summed E-state index contributed by atoms with van der Waals surface area (Å²) in [4.78, 5) is 15.4. The highest BCUT2D eigenvalue weighted by Crippen LogP contribution is 2.29. The van der Waals surface area contributed by atoms with Crippen LogP contribution in [0.2, 0.25) is 0 Å². The van der Waals surface area contributed by atoms with E-state index in [1.165, 1.54) is 12.1 Å². The number of halogens is 4. The Kier molecular flexibility index (Phi) is 5.29. The second kappa shape index (κ2) is 6.90. The molecule has 0 bridgehead atoms. The normalized spacial score (nSPS) is 14.4. The van der Waals surface area contributed by atoms with E-state index in [0.29, 0.717) is 11.1 Å². The minimum Gasteiger partial charge on any atom is -0.395 e. The number of carbonyl (C=O) groups excluding carboxylic acids is 1. The number of aliphatic hydroxyl groups excluding tert-OH is 1. The highest BCUT2D eigenvalue weighted by molar-refractivity contribution is 6.20. The van der Waals surface area contributed by atoms with Gasteiger partial charge in [-0.05, 0) is 12.5 Å². The van der Waals surface area contributed by atoms with Gasteiger partial charge in [0.2, 0.25) is 5.82 Å². The molecule has 1 aromatic heterocycles. The number of benzene rings is 1. The van der Waals surface area contributed by atoms with Crippen LogP contribution in [-0.4, -0.2) is 33.5 Å². The van der Waals surface area contributed by atoms with Gasteiger partial charge < -0.3 is 9.63 Å². The second-order valence-corrected chi connectivity index (χ2v) is 5.84. The Morgan fingerprint density at radius 2 is 1.92 bits per heavy atom. The first-order chi connectivity index (χ1) is 11.2. The quantitative estimate of drug-likeness (QED) is 0.799. The average molecular weight is 363 g/mol. The lowest BCUT2D eigenvalue weighted by atomic mass is 9.85. The van der Waals surface area contributed by atoms with Crippen molar-refractivity contribution in [3.63, 3.8) is 0 Å². The van der Waals surface area contributed by atoms with Gasteiger partial charge in [-0.15, -0.1) is 11.6 Å². The fraction of sp³-hybridized carbons (Fsp3) is 0.400. The number of hydrogen-bond acceptors (Lipinski definition) is 5. The van der Waals surface area contributed by atoms with Crippen LogP contribution in [0.15, 0.2) is 28.8 Å². The molecule has 0 aliphatic rings. The Hall–Kier alpha value is -1.93. The summed E-state index contributed by atoms with van der Waals surface area (Å²) in [6, 6.07) is 6.13. The Balaban J connectivity index is 2.14. The summed E-state index contributed by atoms with van der Waals surface area (Å²) in [5.74, 6) is -1.85. The van der Waals surface area contributed by atoms with Crippen LogP contribution in [0, 0.1) is 5.41 Å². The van der Waals surface area contributed by atoms with Gasteiger partial charge in [-0.1, -0.05) is 29.4 Å². The third-order valence-corrected chi connectivity index (χ3v) is 4.15. The zero-order valence-corrected chi connectivity index (χ0v) is 13.4. The van der Waals surface area contributed by atoms with Gasteiger partial charge in [0, 0.05) is 17.9 Å². The van der Waals surface area contributed by atoms with Gasteiger partial charge in [0.05, 0.1) is 12.0 Å². The molecule has 1 N–H and O–H groups in total. The van der Waals surface area contributed by atoms with E-state index in [4.69, 9.17) is 11.6 Å². The van der Waals surface area contributed by atoms with Crippen LogP contribution in [0.1, 0.15) is 18.4 Å². The zero-order chi connectivity index (χ0) is 18.0. The number of carbonyl (C=O) groups is 1. The predicted molar refractivity (Wildman–Crippen MR) is 79.4 cm³/mol. The van der Waals surface area contributed by atoms with E-state index in [0.717, 1.165) is 0 Å². The minimum absolute atomic E-state index is 0.0104. The average Bonchev–Trinajstić information content (AvgIpc) is 3.05. The van der Waals surface area contributed by atoms with E-state index in [1.54, 1.807) is 19.1 Å². The molecule has 0 aliphatic carbocycles. The molecule has 130 valence electrons. The summed E-state index contributed by atoms with van der Waals surface area (Å²) in [6.07, 6.45) is -4.65. The maximum Gasteiger partial charge on any atom is 0.471 e. The molecule has 5 nitrogen and oxygen atoms in total. The summed E-state index contributed by atoms with van der Waals surface area (Å²) in [6.45, 7) is 1.20. The molecular weight excluding hydrogens is 349 g/mol. The summed E-state index contributed by atoms with van der Waals surface area (Å²) in [7, 11) is 0. The molecule has 0 aliphatic heterocycles. The fourth-order valence-electron chi connectivity index (χ4n) is 1.83. The first-order valence-corrected chi connectivity index (χ1v) is 7.43. The number of alkyl halides is 4. The first-order valence-electron chi connectivity index (χ1n) is 6.90. The van der Waals surface area contributed by atoms with E-state index in [1.807, 2.05) is 0 Å². The third-order valence-electron chi connectivity index (χ3n) is 3.56. The van der Waals surface area contributed by atoms with E-state index in [2.05, 4.69) is 14.7 Å². The van der Waals surface area contributed by atoms with Gasteiger partial charge in [0.15, 0.2) is 0 Å². The number of aliphatic hydroxyl groups is 1. The van der Waals surface area contributed by atoms with Crippen molar-refractivity contribution in [2.24, 2.45) is 5.41 Å². The van der Waals surface area contributed by atoms with Crippen molar-refractivity contribution >= 4 is 17.4 Å². The van der Waals surface area contributed by atoms with Crippen LogP contribution in [0.4, 0.5) is 13.2 Å². The molecule has 0 spiro atoms. The summed E-state index contributed by atoms with van der Waals surface area (Å²) >= 11 is 5.71. The molecule has 1 aromatic carbocycles. The number of ketones is 1. The molecule has 0 saturated heterocycles. The first kappa shape index (κ1) is 18.4. The van der Waals surface area contributed by atoms with Crippen molar-refractivity contribution in [3.8, 4) is 11.4 Å². The number of aromatic nitrogens is 2. The lowest BCUT2D eigenvalue weighted by Crippen LogP contribution is -2.34. The molecule has 0 amide bonds. The SMILES string of the molecule is CC(CO)(CCl)C(=O)Cc1ccc(-c2noc(C(F)(F)F)n2)cc1. The molecule has 1 unspecified atom stereocenters. The van der Waals surface area contributed by atoms with Crippen LogP contribution in [-0.2, 0) is 17.4 Å². The Morgan fingerprint density at radius 1 is 1.29 bits per heavy atom. The molecule has 24 heavy (non-hydrogen) atoms. The molecule has 0 fully saturated rings. The van der Waals surface area contributed by atoms with Crippen molar-refractivity contribution < 1.29 is 27.6 Å². The van der Waals surface area contributed by atoms with Crippen LogP contribution in [0.25, 0.3) is 11.4 Å². The molecule has 0 radical (unpaired) electrons. The number of rotatable bonds is 6. The predicted octanol–water partition coefficient (Wildman–Crippen LogP) is 3.10. The van der Waals surface area contributed by atoms with E-state index >= 15 is 0 Å². The van der Waals surface area contributed by atoms with Gasteiger partial charge in [-0.3, -0.25) is 4.79 Å². The van der Waals surface area contributed by atoms with Crippen LogP contribution >= 0.6 is 11.6 Å². The van der Waals surface area contributed by atoms with Crippen molar-refractivity contribution in [1.29, 1.82) is 0 Å². The van der Waals surface area contributed by atoms with Crippen LogP contribution in [0.3, 0.4) is 0 Å². The van der Waals surface area contributed by atoms with E-state index in [9.17, 15) is 23.1 Å². The molecule has 2 rings (SSSR count). The molecule has 9 heteroatoms. The van der Waals surface area contributed by atoms with Gasteiger partial charge in [0.1, 0.15) is 5.78 Å². The van der Waals surface area contributed by atoms with Gasteiger partial charge >= 0.3 is 12.1 Å². The maximum atomic E-state index is 12.4. The van der Waals surface area contributed by atoms with Crippen molar-refractivity contribution in [2.75, 3.05) is 12.5 Å². The third kappa shape index (κ3) is 3.93. The van der Waals surface area contributed by atoms with E-state index < -0.39 is 17.5 Å². The molecule has 1 heterocycles. The largest absolute Gasteiger partial charge is 0.471 e. The number of Topliss-reactive ketones (excluding diaryl/α,β-unsaturated/α-hetero) is 1. The van der Waals surface area contributed by atoms with E-state index in [-0.39, 0.29) is 30.5 Å². The Labute approximate surface area is 140 Å². The molecular formula is C15H14ClF3N2O3. The summed E-state index contributed by atoms with van der Waals surface area (Å²) in [5.41, 5.74) is -0.0732. The van der Waals surface area contributed by atoms with Crippen molar-refractivity contribution in [2.45, 2.75) is 19.5 Å². The van der Waals surface area contributed by atoms with Crippen LogP contribution < -0.4 is 0 Å². The second-order valence-electron chi connectivity index (χ2n) is 5.57. The lowest BCUT2D eigenvalue weighted by molar-refractivity contribution is -0.159. The van der Waals surface area contributed by atoms with Crippen molar-refractivity contribution in [1.82, 2.24) is 10.1 Å². The topological polar surface area (TPSA) is 76.2 Å². The molecule has 0 saturated carbocycles. The maximum absolute atomic E-state index is 12.4.